The summed E-state index contributed by atoms with van der Waals surface area (Å²) in [6, 6.07) is 8.45. The second kappa shape index (κ2) is 5.22. The number of nitrogens with one attached hydrogen (secondary N) is 1. The zero-order valence-corrected chi connectivity index (χ0v) is 10.8. The highest BCUT2D eigenvalue weighted by atomic mass is 32.2. The molecule has 0 aliphatic carbocycles. The molecule has 0 aliphatic heterocycles. The van der Waals surface area contributed by atoms with Crippen LogP contribution in [0.5, 0.6) is 0 Å². The molecule has 1 N–H and O–H groups in total. The molecule has 0 bridgehead atoms. The Labute approximate surface area is 106 Å². The molecule has 0 aliphatic rings. The second-order valence-corrected chi connectivity index (χ2v) is 6.05. The molecule has 6 heteroatoms. The molecule has 0 unspecified atom stereocenters. The van der Waals surface area contributed by atoms with Crippen LogP contribution in [0.25, 0.3) is 0 Å². The highest BCUT2D eigenvalue weighted by Gasteiger charge is 2.10. The van der Waals surface area contributed by atoms with E-state index in [4.69, 9.17) is 4.52 Å². The lowest BCUT2D eigenvalue weighted by atomic mass is 10.3. The van der Waals surface area contributed by atoms with Gasteiger partial charge < -0.3 is 9.84 Å². The fourth-order valence-corrected chi connectivity index (χ4v) is 2.35. The average Bonchev–Trinajstić information content (AvgIpc) is 2.90. The molecule has 18 heavy (non-hydrogen) atoms. The minimum Gasteiger partial charge on any atom is -0.379 e. The number of rotatable bonds is 5. The number of sulfone groups is 1. The molecule has 1 aromatic heterocycles. The molecule has 0 atom stereocenters. The van der Waals surface area contributed by atoms with Crippen LogP contribution in [0.1, 0.15) is 12.6 Å². The van der Waals surface area contributed by atoms with Crippen molar-refractivity contribution in [1.29, 1.82) is 0 Å². The van der Waals surface area contributed by atoms with E-state index in [1.54, 1.807) is 37.3 Å². The maximum Gasteiger partial charge on any atom is 0.178 e. The third-order valence-electron chi connectivity index (χ3n) is 2.56. The smallest absolute Gasteiger partial charge is 0.178 e. The van der Waals surface area contributed by atoms with Crippen LogP contribution in [-0.4, -0.2) is 19.3 Å². The van der Waals surface area contributed by atoms with Gasteiger partial charge in [-0.05, 0) is 24.3 Å². The quantitative estimate of drug-likeness (QED) is 0.897. The van der Waals surface area contributed by atoms with Gasteiger partial charge in [-0.15, -0.1) is 0 Å². The van der Waals surface area contributed by atoms with Gasteiger partial charge in [-0.3, -0.25) is 0 Å². The van der Waals surface area contributed by atoms with Crippen molar-refractivity contribution in [1.82, 2.24) is 5.16 Å². The van der Waals surface area contributed by atoms with Gasteiger partial charge >= 0.3 is 0 Å². The average molecular weight is 266 g/mol. The van der Waals surface area contributed by atoms with E-state index in [-0.39, 0.29) is 5.75 Å². The monoisotopic (exact) mass is 266 g/mol. The molecule has 0 radical (unpaired) electrons. The van der Waals surface area contributed by atoms with Crippen molar-refractivity contribution in [2.75, 3.05) is 11.1 Å². The predicted octanol–water partition coefficient (Wildman–Crippen LogP) is 2.08. The summed E-state index contributed by atoms with van der Waals surface area (Å²) in [5, 5.41) is 6.89. The van der Waals surface area contributed by atoms with Crippen molar-refractivity contribution in [3.8, 4) is 0 Å². The third kappa shape index (κ3) is 2.89. The van der Waals surface area contributed by atoms with Crippen LogP contribution in [0.3, 0.4) is 0 Å². The van der Waals surface area contributed by atoms with Gasteiger partial charge in [-0.1, -0.05) is 12.1 Å². The van der Waals surface area contributed by atoms with Crippen LogP contribution < -0.4 is 5.32 Å². The van der Waals surface area contributed by atoms with E-state index < -0.39 is 9.84 Å². The fourth-order valence-electron chi connectivity index (χ4n) is 1.47. The number of hydrogen-bond acceptors (Lipinski definition) is 5. The van der Waals surface area contributed by atoms with Crippen molar-refractivity contribution in [2.45, 2.75) is 18.4 Å². The summed E-state index contributed by atoms with van der Waals surface area (Å²) < 4.78 is 27.9. The normalized spacial score (nSPS) is 11.4. The van der Waals surface area contributed by atoms with Gasteiger partial charge in [0.1, 0.15) is 12.0 Å². The molecule has 0 fully saturated rings. The van der Waals surface area contributed by atoms with Crippen LogP contribution in [0.4, 0.5) is 5.69 Å². The number of anilines is 1. The van der Waals surface area contributed by atoms with Gasteiger partial charge in [0.25, 0.3) is 0 Å². The van der Waals surface area contributed by atoms with Crippen molar-refractivity contribution >= 4 is 15.5 Å². The Kier molecular flexibility index (Phi) is 3.66. The van der Waals surface area contributed by atoms with Gasteiger partial charge in [0, 0.05) is 11.8 Å². The summed E-state index contributed by atoms with van der Waals surface area (Å²) in [5.74, 6) is 0.110. The molecule has 0 saturated heterocycles. The lowest BCUT2D eigenvalue weighted by molar-refractivity contribution is 0.412. The molecule has 2 aromatic rings. The summed E-state index contributed by atoms with van der Waals surface area (Å²) in [6.07, 6.45) is 1.51. The molecule has 0 spiro atoms. The predicted molar refractivity (Wildman–Crippen MR) is 68.0 cm³/mol. The Bertz CT molecular complexity index is 589. The number of hydrogen-bond donors (Lipinski definition) is 1. The van der Waals surface area contributed by atoms with E-state index in [2.05, 4.69) is 10.5 Å². The molecule has 5 nitrogen and oxygen atoms in total. The molecule has 1 aromatic carbocycles. The van der Waals surface area contributed by atoms with E-state index in [9.17, 15) is 8.42 Å². The zero-order chi connectivity index (χ0) is 13.0. The Morgan fingerprint density at radius 3 is 2.50 bits per heavy atom. The van der Waals surface area contributed by atoms with Gasteiger partial charge in [0.15, 0.2) is 9.84 Å². The summed E-state index contributed by atoms with van der Waals surface area (Å²) in [7, 11) is -3.13. The van der Waals surface area contributed by atoms with Gasteiger partial charge in [-0.25, -0.2) is 8.42 Å². The minimum atomic E-state index is -3.13. The highest BCUT2D eigenvalue weighted by molar-refractivity contribution is 7.91. The molecule has 2 rings (SSSR count). The fraction of sp³-hybridized carbons (Fsp3) is 0.250. The molecular formula is C12H14N2O3S. The van der Waals surface area contributed by atoms with E-state index in [0.29, 0.717) is 11.4 Å². The standard InChI is InChI=1S/C12H14N2O3S/c1-2-18(15,16)12-5-3-10(4-6-12)13-9-11-7-8-17-14-11/h3-8,13H,2,9H2,1H3. The highest BCUT2D eigenvalue weighted by Crippen LogP contribution is 2.15. The van der Waals surface area contributed by atoms with Crippen molar-refractivity contribution in [2.24, 2.45) is 0 Å². The van der Waals surface area contributed by atoms with Crippen molar-refractivity contribution < 1.29 is 12.9 Å². The third-order valence-corrected chi connectivity index (χ3v) is 4.31. The Morgan fingerprint density at radius 2 is 1.94 bits per heavy atom. The molecule has 1 heterocycles. The van der Waals surface area contributed by atoms with Crippen LogP contribution in [0, 0.1) is 0 Å². The summed E-state index contributed by atoms with van der Waals surface area (Å²) in [6.45, 7) is 2.17. The largest absolute Gasteiger partial charge is 0.379 e. The number of aromatic nitrogens is 1. The first-order valence-corrected chi connectivity index (χ1v) is 7.23. The molecule has 0 amide bonds. The van der Waals surface area contributed by atoms with E-state index >= 15 is 0 Å². The van der Waals surface area contributed by atoms with Crippen LogP contribution in [0.15, 0.2) is 46.0 Å². The van der Waals surface area contributed by atoms with Crippen LogP contribution >= 0.6 is 0 Å². The maximum atomic E-state index is 11.6. The molecular weight excluding hydrogens is 252 g/mol. The Hall–Kier alpha value is -1.82. The summed E-state index contributed by atoms with van der Waals surface area (Å²) in [4.78, 5) is 0.344. The van der Waals surface area contributed by atoms with E-state index in [0.717, 1.165) is 11.4 Å². The number of nitrogens with zero attached hydrogens (tertiary/aromatic N) is 1. The Balaban J connectivity index is 2.04. The first kappa shape index (κ1) is 12.6. The van der Waals surface area contributed by atoms with Gasteiger partial charge in [0.2, 0.25) is 0 Å². The minimum absolute atomic E-state index is 0.110. The SMILES string of the molecule is CCS(=O)(=O)c1ccc(NCc2ccon2)cc1. The van der Waals surface area contributed by atoms with Crippen LogP contribution in [-0.2, 0) is 16.4 Å². The van der Waals surface area contributed by atoms with E-state index in [1.807, 2.05) is 0 Å². The van der Waals surface area contributed by atoms with Gasteiger partial charge in [-0.2, -0.15) is 0 Å². The maximum absolute atomic E-state index is 11.6. The topological polar surface area (TPSA) is 72.2 Å². The van der Waals surface area contributed by atoms with Crippen LogP contribution in [0.2, 0.25) is 0 Å². The zero-order valence-electron chi connectivity index (χ0n) is 9.96. The van der Waals surface area contributed by atoms with Crippen molar-refractivity contribution in [3.63, 3.8) is 0 Å². The number of benzene rings is 1. The lowest BCUT2D eigenvalue weighted by Crippen LogP contribution is -2.04. The second-order valence-electron chi connectivity index (χ2n) is 3.77. The molecule has 96 valence electrons. The first-order chi connectivity index (χ1) is 8.62. The first-order valence-electron chi connectivity index (χ1n) is 5.58. The van der Waals surface area contributed by atoms with Crippen molar-refractivity contribution in [3.05, 3.63) is 42.3 Å². The summed E-state index contributed by atoms with van der Waals surface area (Å²) >= 11 is 0. The summed E-state index contributed by atoms with van der Waals surface area (Å²) in [5.41, 5.74) is 1.63. The Morgan fingerprint density at radius 1 is 1.22 bits per heavy atom. The lowest BCUT2D eigenvalue weighted by Gasteiger charge is -2.05. The molecule has 0 saturated carbocycles. The van der Waals surface area contributed by atoms with E-state index in [1.165, 1.54) is 6.26 Å². The van der Waals surface area contributed by atoms with Gasteiger partial charge in [0.05, 0.1) is 17.2 Å².